The molecule has 0 saturated carbocycles. The first kappa shape index (κ1) is 22.8. The maximum absolute atomic E-state index is 4.53. The fourth-order valence-electron chi connectivity index (χ4n) is 4.40. The highest BCUT2D eigenvalue weighted by Gasteiger charge is 2.22. The molecule has 1 aromatic carbocycles. The number of benzene rings is 1. The van der Waals surface area contributed by atoms with Crippen LogP contribution in [0.3, 0.4) is 0 Å². The topological polar surface area (TPSA) is 61.6 Å². The number of halogens is 1. The fraction of sp³-hybridized carbons (Fsp3) is 0.591. The molecular weight excluding hydrogens is 489 g/mol. The van der Waals surface area contributed by atoms with Crippen LogP contribution in [0.1, 0.15) is 42.0 Å². The average molecular weight is 523 g/mol. The number of rotatable bonds is 3. The Morgan fingerprint density at radius 3 is 2.60 bits per heavy atom. The molecule has 0 spiro atoms. The van der Waals surface area contributed by atoms with Crippen LogP contribution in [0, 0.1) is 13.8 Å². The lowest BCUT2D eigenvalue weighted by atomic mass is 10.1. The predicted octanol–water partition coefficient (Wildman–Crippen LogP) is 3.14. The zero-order chi connectivity index (χ0) is 20.2. The smallest absolute Gasteiger partial charge is 0.194 e. The van der Waals surface area contributed by atoms with E-state index in [9.17, 15) is 0 Å². The molecule has 1 saturated heterocycles. The lowest BCUT2D eigenvalue weighted by molar-refractivity contribution is 0.371. The van der Waals surface area contributed by atoms with E-state index in [1.54, 1.807) is 0 Å². The van der Waals surface area contributed by atoms with E-state index >= 15 is 0 Å². The van der Waals surface area contributed by atoms with Gasteiger partial charge in [-0.25, -0.2) is 0 Å². The Kier molecular flexibility index (Phi) is 7.96. The van der Waals surface area contributed by atoms with E-state index in [-0.39, 0.29) is 24.0 Å². The van der Waals surface area contributed by atoms with Crippen LogP contribution in [0.5, 0.6) is 0 Å². The summed E-state index contributed by atoms with van der Waals surface area (Å²) in [5.74, 6) is 3.12. The van der Waals surface area contributed by atoms with Crippen LogP contribution < -0.4 is 10.2 Å². The Morgan fingerprint density at radius 2 is 1.83 bits per heavy atom. The van der Waals surface area contributed by atoms with Crippen molar-refractivity contribution in [3.8, 4) is 0 Å². The second kappa shape index (κ2) is 10.5. The number of nitrogens with one attached hydrogen (secondary N) is 1. The largest absolute Gasteiger partial charge is 0.368 e. The molecule has 0 aliphatic carbocycles. The summed E-state index contributed by atoms with van der Waals surface area (Å²) >= 11 is 0. The number of aromatic nitrogens is 3. The molecule has 1 aromatic heterocycles. The van der Waals surface area contributed by atoms with Crippen LogP contribution in [0.4, 0.5) is 5.69 Å². The van der Waals surface area contributed by atoms with E-state index in [1.807, 2.05) is 7.05 Å². The molecule has 30 heavy (non-hydrogen) atoms. The number of fused-ring (bicyclic) bond motifs is 1. The Morgan fingerprint density at radius 1 is 1.03 bits per heavy atom. The van der Waals surface area contributed by atoms with Gasteiger partial charge in [-0.15, -0.1) is 34.2 Å². The molecule has 164 valence electrons. The van der Waals surface area contributed by atoms with Gasteiger partial charge in [0.2, 0.25) is 0 Å². The Bertz CT molecular complexity index is 868. The van der Waals surface area contributed by atoms with E-state index in [2.05, 4.69) is 66.9 Å². The van der Waals surface area contributed by atoms with Gasteiger partial charge >= 0.3 is 0 Å². The summed E-state index contributed by atoms with van der Waals surface area (Å²) in [6.45, 7) is 10.1. The van der Waals surface area contributed by atoms with Crippen LogP contribution >= 0.6 is 24.0 Å². The van der Waals surface area contributed by atoms with E-state index < -0.39 is 0 Å². The number of nitrogens with zero attached hydrogens (tertiary/aromatic N) is 6. The number of guanidine groups is 1. The van der Waals surface area contributed by atoms with Gasteiger partial charge in [-0.1, -0.05) is 18.6 Å². The number of hydrogen-bond donors (Lipinski definition) is 1. The fourth-order valence-corrected chi connectivity index (χ4v) is 4.40. The Labute approximate surface area is 197 Å². The lowest BCUT2D eigenvalue weighted by Crippen LogP contribution is -2.52. The van der Waals surface area contributed by atoms with Crippen LogP contribution in [0.25, 0.3) is 0 Å². The molecule has 1 fully saturated rings. The highest BCUT2D eigenvalue weighted by atomic mass is 127. The zero-order valence-electron chi connectivity index (χ0n) is 18.4. The Balaban J connectivity index is 0.00000256. The minimum Gasteiger partial charge on any atom is -0.368 e. The third kappa shape index (κ3) is 4.90. The van der Waals surface area contributed by atoms with Crippen molar-refractivity contribution in [3.63, 3.8) is 0 Å². The number of piperazine rings is 1. The van der Waals surface area contributed by atoms with Crippen LogP contribution in [-0.4, -0.2) is 58.9 Å². The number of anilines is 1. The molecule has 0 unspecified atom stereocenters. The molecule has 2 aliphatic rings. The highest BCUT2D eigenvalue weighted by Crippen LogP contribution is 2.24. The maximum atomic E-state index is 4.53. The minimum atomic E-state index is 0. The molecule has 3 heterocycles. The van der Waals surface area contributed by atoms with Gasteiger partial charge in [0.25, 0.3) is 0 Å². The van der Waals surface area contributed by atoms with Gasteiger partial charge in [-0.2, -0.15) is 0 Å². The molecule has 2 aliphatic heterocycles. The van der Waals surface area contributed by atoms with Gasteiger partial charge in [0, 0.05) is 51.9 Å². The molecule has 2 aromatic rings. The van der Waals surface area contributed by atoms with Crippen molar-refractivity contribution < 1.29 is 0 Å². The highest BCUT2D eigenvalue weighted by molar-refractivity contribution is 14.0. The van der Waals surface area contributed by atoms with Crippen LogP contribution in [-0.2, 0) is 19.5 Å². The third-order valence-corrected chi connectivity index (χ3v) is 6.30. The Hall–Kier alpha value is -1.84. The first-order chi connectivity index (χ1) is 14.2. The molecule has 8 heteroatoms. The van der Waals surface area contributed by atoms with E-state index in [4.69, 9.17) is 0 Å². The summed E-state index contributed by atoms with van der Waals surface area (Å²) in [6, 6.07) is 6.58. The van der Waals surface area contributed by atoms with Crippen LogP contribution in [0.2, 0.25) is 0 Å². The molecule has 0 bridgehead atoms. The van der Waals surface area contributed by atoms with Crippen molar-refractivity contribution in [1.82, 2.24) is 25.0 Å². The monoisotopic (exact) mass is 523 g/mol. The van der Waals surface area contributed by atoms with Gasteiger partial charge in [0.1, 0.15) is 5.82 Å². The van der Waals surface area contributed by atoms with Gasteiger partial charge in [-0.05, 0) is 43.9 Å². The molecule has 4 rings (SSSR count). The van der Waals surface area contributed by atoms with Crippen molar-refractivity contribution in [3.05, 3.63) is 41.0 Å². The second-order valence-corrected chi connectivity index (χ2v) is 8.09. The summed E-state index contributed by atoms with van der Waals surface area (Å²) in [5.41, 5.74) is 4.10. The lowest BCUT2D eigenvalue weighted by Gasteiger charge is -2.38. The quantitative estimate of drug-likeness (QED) is 0.381. The number of aliphatic imine (C=N–C) groups is 1. The molecule has 0 amide bonds. The molecule has 0 atom stereocenters. The maximum Gasteiger partial charge on any atom is 0.194 e. The summed E-state index contributed by atoms with van der Waals surface area (Å²) in [7, 11) is 1.86. The third-order valence-electron chi connectivity index (χ3n) is 6.30. The molecular formula is C22H34IN7. The molecule has 7 nitrogen and oxygen atoms in total. The normalized spacial score (nSPS) is 17.2. The summed E-state index contributed by atoms with van der Waals surface area (Å²) < 4.78 is 2.30. The minimum absolute atomic E-state index is 0. The van der Waals surface area contributed by atoms with E-state index in [0.29, 0.717) is 6.54 Å². The van der Waals surface area contributed by atoms with Crippen LogP contribution in [0.15, 0.2) is 23.2 Å². The summed E-state index contributed by atoms with van der Waals surface area (Å²) in [6.07, 6.45) is 4.76. The zero-order valence-corrected chi connectivity index (χ0v) is 20.7. The first-order valence-electron chi connectivity index (χ1n) is 10.8. The summed E-state index contributed by atoms with van der Waals surface area (Å²) in [5, 5.41) is 12.4. The number of hydrogen-bond acceptors (Lipinski definition) is 4. The van der Waals surface area contributed by atoms with Crippen molar-refractivity contribution in [2.45, 2.75) is 52.6 Å². The van der Waals surface area contributed by atoms with Gasteiger partial charge < -0.3 is 19.7 Å². The van der Waals surface area contributed by atoms with Crippen molar-refractivity contribution in [1.29, 1.82) is 0 Å². The van der Waals surface area contributed by atoms with Crippen molar-refractivity contribution in [2.75, 3.05) is 38.1 Å². The van der Waals surface area contributed by atoms with Crippen molar-refractivity contribution >= 4 is 35.6 Å². The van der Waals surface area contributed by atoms with Crippen molar-refractivity contribution in [2.24, 2.45) is 4.99 Å². The van der Waals surface area contributed by atoms with Gasteiger partial charge in [0.15, 0.2) is 11.8 Å². The number of aryl methyl sites for hydroxylation is 2. The second-order valence-electron chi connectivity index (χ2n) is 8.09. The molecule has 1 N–H and O–H groups in total. The van der Waals surface area contributed by atoms with E-state index in [1.165, 1.54) is 36.1 Å². The van der Waals surface area contributed by atoms with Gasteiger partial charge in [-0.3, -0.25) is 4.99 Å². The average Bonchev–Trinajstić information content (AvgIpc) is 2.97. The SMILES string of the molecule is CN=C(NCc1nnc2n1CCCCC2)N1CCN(c2cccc(C)c2C)CC1.I. The standard InChI is InChI=1S/C22H33N7.HI/c1-17-8-7-9-19(18(17)2)27-12-14-28(15-13-27)22(23-3)24-16-21-26-25-20-10-5-4-6-11-29(20)21;/h7-9H,4-6,10-16H2,1-3H3,(H,23,24);1H. The molecule has 0 radical (unpaired) electrons. The first-order valence-corrected chi connectivity index (χ1v) is 10.8. The van der Waals surface area contributed by atoms with E-state index in [0.717, 1.165) is 56.8 Å². The summed E-state index contributed by atoms with van der Waals surface area (Å²) in [4.78, 5) is 9.37. The van der Waals surface area contributed by atoms with Gasteiger partial charge in [0.05, 0.1) is 6.54 Å². The predicted molar refractivity (Wildman–Crippen MR) is 133 cm³/mol.